The number of rotatable bonds is 9. The number of hydrogen-bond donors (Lipinski definition) is 0. The zero-order valence-electron chi connectivity index (χ0n) is 17.0. The van der Waals surface area contributed by atoms with E-state index in [9.17, 15) is 14.4 Å². The second kappa shape index (κ2) is 8.79. The molecule has 2 aliphatic rings. The fourth-order valence-corrected chi connectivity index (χ4v) is 4.03. The van der Waals surface area contributed by atoms with Crippen LogP contribution in [0.1, 0.15) is 52.5 Å². The quantitative estimate of drug-likeness (QED) is 0.467. The molecule has 2 aromatic rings. The summed E-state index contributed by atoms with van der Waals surface area (Å²) in [5.41, 5.74) is 1.88. The second-order valence-electron chi connectivity index (χ2n) is 7.81. The van der Waals surface area contributed by atoms with E-state index in [1.807, 2.05) is 18.2 Å². The molecule has 1 saturated carbocycles. The Morgan fingerprint density at radius 2 is 1.63 bits per heavy atom. The van der Waals surface area contributed by atoms with Gasteiger partial charge in [0, 0.05) is 0 Å². The first-order chi connectivity index (χ1) is 14.6. The minimum atomic E-state index is -0.973. The summed E-state index contributed by atoms with van der Waals surface area (Å²) in [5.74, 6) is -0.795. The van der Waals surface area contributed by atoms with E-state index in [4.69, 9.17) is 9.57 Å². The molecule has 0 bridgehead atoms. The lowest BCUT2D eigenvalue weighted by atomic mass is 10.0. The number of benzene rings is 2. The van der Waals surface area contributed by atoms with E-state index in [1.165, 1.54) is 5.56 Å². The van der Waals surface area contributed by atoms with Gasteiger partial charge >= 0.3 is 5.97 Å². The third kappa shape index (κ3) is 4.28. The molecule has 0 aromatic heterocycles. The Morgan fingerprint density at radius 1 is 1.00 bits per heavy atom. The van der Waals surface area contributed by atoms with Crippen LogP contribution in [0.5, 0.6) is 0 Å². The average Bonchev–Trinajstić information content (AvgIpc) is 3.47. The molecule has 30 heavy (non-hydrogen) atoms. The van der Waals surface area contributed by atoms with Gasteiger partial charge in [0.25, 0.3) is 11.8 Å². The minimum Gasteiger partial charge on any atom is -0.464 e. The molecule has 0 N–H and O–H groups in total. The first-order valence-electron chi connectivity index (χ1n) is 10.4. The highest BCUT2D eigenvalue weighted by molar-refractivity contribution is 6.20. The van der Waals surface area contributed by atoms with Crippen LogP contribution >= 0.6 is 0 Å². The zero-order chi connectivity index (χ0) is 21.1. The first-order valence-corrected chi connectivity index (χ1v) is 10.4. The summed E-state index contributed by atoms with van der Waals surface area (Å²) in [7, 11) is 0. The highest BCUT2D eigenvalue weighted by Gasteiger charge is 2.44. The molecule has 0 saturated heterocycles. The van der Waals surface area contributed by atoms with Crippen LogP contribution in [0.25, 0.3) is 0 Å². The number of esters is 1. The number of ether oxygens (including phenoxy) is 1. The molecule has 2 amide bonds. The Kier molecular flexibility index (Phi) is 5.95. The van der Waals surface area contributed by atoms with Gasteiger partial charge < -0.3 is 4.74 Å². The molecule has 0 spiro atoms. The van der Waals surface area contributed by atoms with Crippen LogP contribution in [0, 0.1) is 11.8 Å². The molecule has 1 fully saturated rings. The van der Waals surface area contributed by atoms with Crippen molar-refractivity contribution in [3.8, 4) is 0 Å². The van der Waals surface area contributed by atoms with Gasteiger partial charge in [0.1, 0.15) is 0 Å². The van der Waals surface area contributed by atoms with Crippen LogP contribution in [-0.4, -0.2) is 35.6 Å². The van der Waals surface area contributed by atoms with Gasteiger partial charge in [-0.3, -0.25) is 9.59 Å². The summed E-state index contributed by atoms with van der Waals surface area (Å²) >= 11 is 0. The number of aryl methyl sites for hydroxylation is 1. The number of carbonyl (C=O) groups is 3. The number of fused-ring (bicyclic) bond motifs is 1. The molecule has 2 aromatic carbocycles. The summed E-state index contributed by atoms with van der Waals surface area (Å²) in [4.78, 5) is 43.3. The molecule has 1 heterocycles. The average molecular weight is 407 g/mol. The van der Waals surface area contributed by atoms with Gasteiger partial charge in [0.05, 0.1) is 17.7 Å². The van der Waals surface area contributed by atoms with Gasteiger partial charge in [0.2, 0.25) is 0 Å². The number of hydrogen-bond acceptors (Lipinski definition) is 5. The fraction of sp³-hybridized carbons (Fsp3) is 0.375. The first kappa shape index (κ1) is 20.3. The van der Waals surface area contributed by atoms with Crippen LogP contribution in [0.3, 0.4) is 0 Å². The summed E-state index contributed by atoms with van der Waals surface area (Å²) < 4.78 is 5.14. The largest absolute Gasteiger partial charge is 0.464 e. The van der Waals surface area contributed by atoms with E-state index in [-0.39, 0.29) is 17.7 Å². The van der Waals surface area contributed by atoms with Crippen LogP contribution in [0.4, 0.5) is 0 Å². The Hall–Kier alpha value is -2.99. The number of carbonyl (C=O) groups excluding carboxylic acids is 3. The maximum atomic E-state index is 12.6. The lowest BCUT2D eigenvalue weighted by Crippen LogP contribution is -2.39. The molecular weight excluding hydrogens is 382 g/mol. The summed E-state index contributed by atoms with van der Waals surface area (Å²) in [5, 5.41) is 0.716. The molecule has 6 heteroatoms. The van der Waals surface area contributed by atoms with Gasteiger partial charge in [-0.05, 0) is 62.1 Å². The number of nitrogens with zero attached hydrogens (tertiary/aromatic N) is 1. The monoisotopic (exact) mass is 407 g/mol. The standard InChI is InChI=1S/C24H25NO5/c1-2-29-24(28)21(15-18-14-17(18)13-12-16-8-4-3-5-9-16)30-25-22(26)19-10-6-7-11-20(19)23(25)27/h3-11,17-18,21H,2,12-15H2,1H3/t17-,18+,21+/m0/s1. The zero-order valence-corrected chi connectivity index (χ0v) is 17.0. The molecule has 0 radical (unpaired) electrons. The van der Waals surface area contributed by atoms with Gasteiger partial charge in [0.15, 0.2) is 6.10 Å². The Morgan fingerprint density at radius 3 is 2.27 bits per heavy atom. The predicted octanol–water partition coefficient (Wildman–Crippen LogP) is 3.80. The van der Waals surface area contributed by atoms with Crippen molar-refractivity contribution in [1.82, 2.24) is 5.06 Å². The molecule has 3 atom stereocenters. The number of imide groups is 1. The molecule has 4 rings (SSSR count). The summed E-state index contributed by atoms with van der Waals surface area (Å²) in [6.07, 6.45) is 2.50. The van der Waals surface area contributed by atoms with Gasteiger partial charge in [-0.25, -0.2) is 9.63 Å². The van der Waals surface area contributed by atoms with E-state index in [2.05, 4.69) is 12.1 Å². The summed E-state index contributed by atoms with van der Waals surface area (Å²) in [6, 6.07) is 16.9. The summed E-state index contributed by atoms with van der Waals surface area (Å²) in [6.45, 7) is 1.93. The van der Waals surface area contributed by atoms with Gasteiger partial charge in [-0.2, -0.15) is 0 Å². The molecular formula is C24H25NO5. The Bertz CT molecular complexity index is 907. The van der Waals surface area contributed by atoms with E-state index in [1.54, 1.807) is 31.2 Å². The number of hydroxylamine groups is 2. The predicted molar refractivity (Wildman–Crippen MR) is 109 cm³/mol. The van der Waals surface area contributed by atoms with E-state index < -0.39 is 23.9 Å². The highest BCUT2D eigenvalue weighted by atomic mass is 16.7. The second-order valence-corrected chi connectivity index (χ2v) is 7.81. The van der Waals surface area contributed by atoms with Crippen LogP contribution in [0.15, 0.2) is 54.6 Å². The van der Waals surface area contributed by atoms with Crippen molar-refractivity contribution in [2.24, 2.45) is 11.8 Å². The molecule has 6 nitrogen and oxygen atoms in total. The Labute approximate surface area is 175 Å². The molecule has 0 unspecified atom stereocenters. The molecule has 156 valence electrons. The SMILES string of the molecule is CCOC(=O)[C@@H](C[C@H]1C[C@@H]1CCc1ccccc1)ON1C(=O)c2ccccc2C1=O. The maximum absolute atomic E-state index is 12.6. The van der Waals surface area contributed by atoms with Crippen molar-refractivity contribution in [3.63, 3.8) is 0 Å². The highest BCUT2D eigenvalue weighted by Crippen LogP contribution is 2.45. The third-order valence-electron chi connectivity index (χ3n) is 5.77. The Balaban J connectivity index is 1.38. The van der Waals surface area contributed by atoms with Crippen molar-refractivity contribution in [2.75, 3.05) is 6.61 Å². The lowest BCUT2D eigenvalue weighted by molar-refractivity contribution is -0.181. The third-order valence-corrected chi connectivity index (χ3v) is 5.77. The fourth-order valence-electron chi connectivity index (χ4n) is 4.03. The maximum Gasteiger partial charge on any atom is 0.338 e. The van der Waals surface area contributed by atoms with Crippen molar-refractivity contribution >= 4 is 17.8 Å². The topological polar surface area (TPSA) is 72.9 Å². The lowest BCUT2D eigenvalue weighted by Gasteiger charge is -2.21. The van der Waals surface area contributed by atoms with Crippen molar-refractivity contribution in [1.29, 1.82) is 0 Å². The minimum absolute atomic E-state index is 0.211. The van der Waals surface area contributed by atoms with E-state index >= 15 is 0 Å². The van der Waals surface area contributed by atoms with Crippen LogP contribution < -0.4 is 0 Å². The molecule has 1 aliphatic carbocycles. The van der Waals surface area contributed by atoms with Gasteiger partial charge in [-0.1, -0.05) is 42.5 Å². The van der Waals surface area contributed by atoms with Crippen molar-refractivity contribution in [2.45, 2.75) is 38.7 Å². The van der Waals surface area contributed by atoms with E-state index in [0.29, 0.717) is 23.3 Å². The van der Waals surface area contributed by atoms with Crippen LogP contribution in [-0.2, 0) is 20.8 Å². The van der Waals surface area contributed by atoms with Crippen molar-refractivity contribution < 1.29 is 24.0 Å². The smallest absolute Gasteiger partial charge is 0.338 e. The van der Waals surface area contributed by atoms with Crippen molar-refractivity contribution in [3.05, 3.63) is 71.3 Å². The number of amides is 2. The normalized spacial score (nSPS) is 20.8. The molecule has 1 aliphatic heterocycles. The van der Waals surface area contributed by atoms with Gasteiger partial charge in [-0.15, -0.1) is 5.06 Å². The van der Waals surface area contributed by atoms with Crippen LogP contribution in [0.2, 0.25) is 0 Å². The van der Waals surface area contributed by atoms with E-state index in [0.717, 1.165) is 19.3 Å².